The molecular formula is C28H34N2O2S2. The van der Waals surface area contributed by atoms with E-state index < -0.39 is 0 Å². The Bertz CT molecular complexity index is 1040. The fraction of sp³-hybridized carbons (Fsp3) is 0.393. The lowest BCUT2D eigenvalue weighted by Gasteiger charge is -2.36. The van der Waals surface area contributed by atoms with Crippen molar-refractivity contribution in [1.82, 2.24) is 9.80 Å². The van der Waals surface area contributed by atoms with Crippen molar-refractivity contribution >= 4 is 46.2 Å². The van der Waals surface area contributed by atoms with Crippen molar-refractivity contribution in [3.63, 3.8) is 0 Å². The van der Waals surface area contributed by atoms with Crippen LogP contribution in [0.3, 0.4) is 0 Å². The molecule has 3 rings (SSSR count). The van der Waals surface area contributed by atoms with E-state index in [9.17, 15) is 9.59 Å². The van der Waals surface area contributed by atoms with Crippen LogP contribution in [0.5, 0.6) is 0 Å². The summed E-state index contributed by atoms with van der Waals surface area (Å²) in [6.07, 6.45) is 4.92. The highest BCUT2D eigenvalue weighted by atomic mass is 32.2. The average molecular weight is 495 g/mol. The van der Waals surface area contributed by atoms with Crippen LogP contribution in [0.15, 0.2) is 59.5 Å². The highest BCUT2D eigenvalue weighted by Gasteiger charge is 2.31. The van der Waals surface area contributed by atoms with E-state index in [1.54, 1.807) is 4.90 Å². The van der Waals surface area contributed by atoms with E-state index in [1.165, 1.54) is 17.3 Å². The van der Waals surface area contributed by atoms with Crippen LogP contribution in [-0.2, 0) is 16.1 Å². The van der Waals surface area contributed by atoms with Gasteiger partial charge in [0.05, 0.1) is 4.91 Å². The number of benzene rings is 2. The number of carbonyl (C=O) groups is 2. The summed E-state index contributed by atoms with van der Waals surface area (Å²) >= 11 is 6.82. The molecule has 0 radical (unpaired) electrons. The monoisotopic (exact) mass is 494 g/mol. The molecule has 180 valence electrons. The van der Waals surface area contributed by atoms with Crippen LogP contribution >= 0.6 is 24.0 Å². The third-order valence-corrected chi connectivity index (χ3v) is 7.19. The van der Waals surface area contributed by atoms with Crippen LogP contribution in [0.2, 0.25) is 0 Å². The summed E-state index contributed by atoms with van der Waals surface area (Å²) in [6.45, 7) is 9.48. The van der Waals surface area contributed by atoms with Gasteiger partial charge in [0.1, 0.15) is 4.32 Å². The topological polar surface area (TPSA) is 40.6 Å². The summed E-state index contributed by atoms with van der Waals surface area (Å²) in [4.78, 5) is 30.1. The molecule has 0 saturated carbocycles. The van der Waals surface area contributed by atoms with Crippen LogP contribution in [0.25, 0.3) is 6.08 Å². The Kier molecular flexibility index (Phi) is 9.09. The van der Waals surface area contributed by atoms with Gasteiger partial charge in [0, 0.05) is 25.0 Å². The number of amides is 2. The molecule has 1 aliphatic rings. The highest BCUT2D eigenvalue weighted by Crippen LogP contribution is 2.33. The van der Waals surface area contributed by atoms with Crippen molar-refractivity contribution in [2.75, 3.05) is 6.54 Å². The molecule has 1 aliphatic heterocycles. The van der Waals surface area contributed by atoms with E-state index in [0.29, 0.717) is 28.7 Å². The van der Waals surface area contributed by atoms with Gasteiger partial charge in [-0.25, -0.2) is 0 Å². The Hall–Kier alpha value is -2.44. The minimum absolute atomic E-state index is 0.0200. The van der Waals surface area contributed by atoms with Crippen LogP contribution in [0, 0.1) is 6.92 Å². The second-order valence-electron chi connectivity index (χ2n) is 9.69. The lowest BCUT2D eigenvalue weighted by molar-refractivity contribution is -0.137. The zero-order valence-electron chi connectivity index (χ0n) is 20.5. The van der Waals surface area contributed by atoms with E-state index in [4.69, 9.17) is 12.2 Å². The first-order chi connectivity index (χ1) is 16.1. The third kappa shape index (κ3) is 7.28. The summed E-state index contributed by atoms with van der Waals surface area (Å²) in [7, 11) is 0. The maximum atomic E-state index is 13.0. The predicted octanol–water partition coefficient (Wildman–Crippen LogP) is 6.58. The molecule has 0 aromatic heterocycles. The van der Waals surface area contributed by atoms with Crippen molar-refractivity contribution in [3.05, 3.63) is 76.2 Å². The number of nitrogens with zero attached hydrogens (tertiary/aromatic N) is 2. The minimum atomic E-state index is -0.238. The maximum Gasteiger partial charge on any atom is 0.266 e. The second-order valence-corrected chi connectivity index (χ2v) is 11.4. The molecule has 2 aromatic rings. The number of hydrogen-bond donors (Lipinski definition) is 0. The molecule has 34 heavy (non-hydrogen) atoms. The molecule has 2 amide bonds. The van der Waals surface area contributed by atoms with Gasteiger partial charge < -0.3 is 4.90 Å². The zero-order chi connectivity index (χ0) is 24.7. The normalized spacial score (nSPS) is 15.3. The summed E-state index contributed by atoms with van der Waals surface area (Å²) < 4.78 is 0.612. The molecule has 1 heterocycles. The first-order valence-electron chi connectivity index (χ1n) is 11.8. The standard InChI is InChI=1S/C28H34N2O2S2/c1-21-14-16-22(17-15-21)19-24-26(32)29(27(33)34-24)18-10-6-9-13-25(31)30(28(2,3)4)20-23-11-7-5-8-12-23/h5,7-8,11-12,14-17,19H,6,9-10,13,18,20H2,1-4H3/b24-19-. The minimum Gasteiger partial charge on any atom is -0.334 e. The number of rotatable bonds is 9. The molecule has 1 saturated heterocycles. The van der Waals surface area contributed by atoms with Gasteiger partial charge >= 0.3 is 0 Å². The lowest BCUT2D eigenvalue weighted by Crippen LogP contribution is -2.45. The van der Waals surface area contributed by atoms with Crippen LogP contribution in [-0.4, -0.2) is 38.0 Å². The van der Waals surface area contributed by atoms with Crippen LogP contribution in [0.4, 0.5) is 0 Å². The molecule has 4 nitrogen and oxygen atoms in total. The largest absolute Gasteiger partial charge is 0.334 e. The summed E-state index contributed by atoms with van der Waals surface area (Å²) in [6, 6.07) is 18.2. The molecule has 2 aromatic carbocycles. The van der Waals surface area contributed by atoms with E-state index in [1.807, 2.05) is 60.4 Å². The molecule has 6 heteroatoms. The van der Waals surface area contributed by atoms with Gasteiger partial charge in [-0.3, -0.25) is 14.5 Å². The lowest BCUT2D eigenvalue weighted by atomic mass is 10.0. The van der Waals surface area contributed by atoms with E-state index in [-0.39, 0.29) is 17.4 Å². The number of carbonyl (C=O) groups excluding carboxylic acids is 2. The van der Waals surface area contributed by atoms with Gasteiger partial charge in [-0.05, 0) is 57.7 Å². The van der Waals surface area contributed by atoms with Gasteiger partial charge in [-0.2, -0.15) is 0 Å². The number of thiocarbonyl (C=S) groups is 1. The summed E-state index contributed by atoms with van der Waals surface area (Å²) in [5, 5.41) is 0. The molecular weight excluding hydrogens is 460 g/mol. The fourth-order valence-electron chi connectivity index (χ4n) is 3.83. The Morgan fingerprint density at radius 1 is 1.03 bits per heavy atom. The van der Waals surface area contributed by atoms with E-state index in [0.717, 1.165) is 30.4 Å². The number of thioether (sulfide) groups is 1. The van der Waals surface area contributed by atoms with E-state index in [2.05, 4.69) is 32.9 Å². The number of hydrogen-bond acceptors (Lipinski definition) is 4. The summed E-state index contributed by atoms with van der Waals surface area (Å²) in [5.74, 6) is 0.149. The Labute approximate surface area is 213 Å². The quantitative estimate of drug-likeness (QED) is 0.224. The summed E-state index contributed by atoms with van der Waals surface area (Å²) in [5.41, 5.74) is 3.09. The Morgan fingerprint density at radius 2 is 1.71 bits per heavy atom. The average Bonchev–Trinajstić information content (AvgIpc) is 3.05. The molecule has 0 unspecified atom stereocenters. The molecule has 1 fully saturated rings. The Morgan fingerprint density at radius 3 is 2.35 bits per heavy atom. The van der Waals surface area contributed by atoms with Gasteiger partial charge in [0.25, 0.3) is 5.91 Å². The molecule has 0 atom stereocenters. The number of aryl methyl sites for hydroxylation is 1. The number of unbranched alkanes of at least 4 members (excludes halogenated alkanes) is 2. The maximum absolute atomic E-state index is 13.0. The SMILES string of the molecule is Cc1ccc(/C=C2\SC(=S)N(CCCCCC(=O)N(Cc3ccccc3)C(C)(C)C)C2=O)cc1. The smallest absolute Gasteiger partial charge is 0.266 e. The first-order valence-corrected chi connectivity index (χ1v) is 13.0. The predicted molar refractivity (Wildman–Crippen MR) is 146 cm³/mol. The van der Waals surface area contributed by atoms with Crippen LogP contribution in [0.1, 0.15) is 63.1 Å². The van der Waals surface area contributed by atoms with Gasteiger partial charge in [-0.1, -0.05) is 90.6 Å². The molecule has 0 spiro atoms. The molecule has 0 aliphatic carbocycles. The molecule has 0 N–H and O–H groups in total. The zero-order valence-corrected chi connectivity index (χ0v) is 22.2. The Balaban J connectivity index is 1.47. The van der Waals surface area contributed by atoms with Crippen molar-refractivity contribution in [1.29, 1.82) is 0 Å². The first kappa shape index (κ1) is 26.2. The van der Waals surface area contributed by atoms with Gasteiger partial charge in [-0.15, -0.1) is 0 Å². The fourth-order valence-corrected chi connectivity index (χ4v) is 5.14. The van der Waals surface area contributed by atoms with Gasteiger partial charge in [0.15, 0.2) is 0 Å². The van der Waals surface area contributed by atoms with Crippen molar-refractivity contribution in [2.24, 2.45) is 0 Å². The molecule has 0 bridgehead atoms. The second kappa shape index (κ2) is 11.8. The highest BCUT2D eigenvalue weighted by molar-refractivity contribution is 8.26. The third-order valence-electron chi connectivity index (χ3n) is 5.82. The van der Waals surface area contributed by atoms with E-state index >= 15 is 0 Å². The van der Waals surface area contributed by atoms with Crippen LogP contribution < -0.4 is 0 Å². The van der Waals surface area contributed by atoms with Crippen molar-refractivity contribution < 1.29 is 9.59 Å². The van der Waals surface area contributed by atoms with Crippen molar-refractivity contribution in [2.45, 2.75) is 65.5 Å². The van der Waals surface area contributed by atoms with Gasteiger partial charge in [0.2, 0.25) is 5.91 Å². The van der Waals surface area contributed by atoms with Crippen molar-refractivity contribution in [3.8, 4) is 0 Å².